The molecular formula is C15H32N2. The summed E-state index contributed by atoms with van der Waals surface area (Å²) in [5.41, 5.74) is 0. The van der Waals surface area contributed by atoms with Crippen LogP contribution in [-0.2, 0) is 0 Å². The van der Waals surface area contributed by atoms with Crippen LogP contribution in [0.1, 0.15) is 52.9 Å². The molecule has 1 aliphatic heterocycles. The molecule has 1 aliphatic rings. The average molecular weight is 240 g/mol. The Balaban J connectivity index is 2.09. The van der Waals surface area contributed by atoms with Crippen molar-refractivity contribution in [2.45, 2.75) is 52.9 Å². The van der Waals surface area contributed by atoms with E-state index in [1.165, 1.54) is 51.7 Å². The molecule has 0 spiro atoms. The summed E-state index contributed by atoms with van der Waals surface area (Å²) in [6, 6.07) is 0. The van der Waals surface area contributed by atoms with Gasteiger partial charge in [-0.2, -0.15) is 0 Å². The highest BCUT2D eigenvalue weighted by Crippen LogP contribution is 2.21. The molecule has 0 saturated carbocycles. The highest BCUT2D eigenvalue weighted by molar-refractivity contribution is 4.70. The Kier molecular flexibility index (Phi) is 7.87. The van der Waals surface area contributed by atoms with Crippen molar-refractivity contribution in [2.75, 3.05) is 32.7 Å². The summed E-state index contributed by atoms with van der Waals surface area (Å²) in [6.45, 7) is 13.1. The first-order valence-corrected chi connectivity index (χ1v) is 7.65. The van der Waals surface area contributed by atoms with Crippen molar-refractivity contribution < 1.29 is 0 Å². The van der Waals surface area contributed by atoms with Gasteiger partial charge in [0.25, 0.3) is 0 Å². The number of rotatable bonds is 7. The van der Waals surface area contributed by atoms with Gasteiger partial charge < -0.3 is 10.2 Å². The molecule has 0 aromatic rings. The van der Waals surface area contributed by atoms with Gasteiger partial charge in [0, 0.05) is 13.1 Å². The zero-order chi connectivity index (χ0) is 12.5. The smallest absolute Gasteiger partial charge is 0.0107 e. The van der Waals surface area contributed by atoms with Crippen LogP contribution in [0.4, 0.5) is 0 Å². The van der Waals surface area contributed by atoms with E-state index in [9.17, 15) is 0 Å². The Bertz CT molecular complexity index is 180. The summed E-state index contributed by atoms with van der Waals surface area (Å²) in [6.07, 6.45) is 7.11. The van der Waals surface area contributed by atoms with Crippen molar-refractivity contribution in [1.82, 2.24) is 10.2 Å². The van der Waals surface area contributed by atoms with E-state index in [0.717, 1.165) is 24.9 Å². The van der Waals surface area contributed by atoms with E-state index in [2.05, 4.69) is 31.0 Å². The third-order valence-corrected chi connectivity index (χ3v) is 3.79. The van der Waals surface area contributed by atoms with Crippen molar-refractivity contribution in [1.29, 1.82) is 0 Å². The topological polar surface area (TPSA) is 15.3 Å². The first-order valence-electron chi connectivity index (χ1n) is 7.65. The van der Waals surface area contributed by atoms with Crippen LogP contribution < -0.4 is 5.32 Å². The van der Waals surface area contributed by atoms with Crippen LogP contribution in [0.25, 0.3) is 0 Å². The van der Waals surface area contributed by atoms with E-state index in [0.29, 0.717) is 0 Å². The molecule has 0 aromatic carbocycles. The largest absolute Gasteiger partial charge is 0.315 e. The van der Waals surface area contributed by atoms with Crippen molar-refractivity contribution in [2.24, 2.45) is 11.8 Å². The van der Waals surface area contributed by atoms with Gasteiger partial charge in [0.2, 0.25) is 0 Å². The number of likely N-dealkylation sites (tertiary alicyclic amines) is 1. The zero-order valence-electron chi connectivity index (χ0n) is 12.2. The minimum atomic E-state index is 0.771. The van der Waals surface area contributed by atoms with Crippen LogP contribution in [-0.4, -0.2) is 37.6 Å². The summed E-state index contributed by atoms with van der Waals surface area (Å²) in [5, 5.41) is 3.55. The van der Waals surface area contributed by atoms with E-state index >= 15 is 0 Å². The minimum Gasteiger partial charge on any atom is -0.315 e. The van der Waals surface area contributed by atoms with Gasteiger partial charge in [0.05, 0.1) is 0 Å². The molecule has 1 heterocycles. The standard InChI is InChI=1S/C15H32N2/c1-4-6-15-7-5-10-17(11-8-15)12-9-16-13-14(2)3/h14-16H,4-13H2,1-3H3. The van der Waals surface area contributed by atoms with E-state index in [1.807, 2.05) is 0 Å². The molecule has 0 aliphatic carbocycles. The van der Waals surface area contributed by atoms with Crippen LogP contribution in [0, 0.1) is 11.8 Å². The third kappa shape index (κ3) is 7.05. The first-order chi connectivity index (χ1) is 8.22. The number of nitrogens with one attached hydrogen (secondary N) is 1. The Morgan fingerprint density at radius 2 is 2.06 bits per heavy atom. The summed E-state index contributed by atoms with van der Waals surface area (Å²) < 4.78 is 0. The van der Waals surface area contributed by atoms with Crippen molar-refractivity contribution in [3.05, 3.63) is 0 Å². The molecule has 2 nitrogen and oxygen atoms in total. The van der Waals surface area contributed by atoms with E-state index in [4.69, 9.17) is 0 Å². The van der Waals surface area contributed by atoms with Crippen LogP contribution >= 0.6 is 0 Å². The molecule has 1 rings (SSSR count). The molecule has 1 N–H and O–H groups in total. The fourth-order valence-electron chi connectivity index (χ4n) is 2.77. The van der Waals surface area contributed by atoms with Gasteiger partial charge >= 0.3 is 0 Å². The molecule has 0 bridgehead atoms. The maximum Gasteiger partial charge on any atom is 0.0107 e. The highest BCUT2D eigenvalue weighted by atomic mass is 15.1. The van der Waals surface area contributed by atoms with Crippen molar-refractivity contribution in [3.8, 4) is 0 Å². The van der Waals surface area contributed by atoms with Gasteiger partial charge in [-0.15, -0.1) is 0 Å². The lowest BCUT2D eigenvalue weighted by atomic mass is 9.96. The lowest BCUT2D eigenvalue weighted by Crippen LogP contribution is -2.34. The van der Waals surface area contributed by atoms with Gasteiger partial charge in [-0.25, -0.2) is 0 Å². The second-order valence-electron chi connectivity index (χ2n) is 6.03. The summed E-state index contributed by atoms with van der Waals surface area (Å²) in [7, 11) is 0. The Hall–Kier alpha value is -0.0800. The predicted octanol–water partition coefficient (Wildman–Crippen LogP) is 3.13. The molecule has 1 unspecified atom stereocenters. The van der Waals surface area contributed by atoms with Gasteiger partial charge in [0.1, 0.15) is 0 Å². The molecule has 1 saturated heterocycles. The van der Waals surface area contributed by atoms with Crippen molar-refractivity contribution in [3.63, 3.8) is 0 Å². The normalized spacial score (nSPS) is 22.9. The summed E-state index contributed by atoms with van der Waals surface area (Å²) in [5.74, 6) is 1.78. The first kappa shape index (κ1) is 15.0. The summed E-state index contributed by atoms with van der Waals surface area (Å²) >= 11 is 0. The Morgan fingerprint density at radius 1 is 1.24 bits per heavy atom. The number of nitrogens with zero attached hydrogens (tertiary/aromatic N) is 1. The molecule has 1 atom stereocenters. The van der Waals surface area contributed by atoms with Crippen LogP contribution in [0.2, 0.25) is 0 Å². The monoisotopic (exact) mass is 240 g/mol. The molecule has 0 amide bonds. The molecule has 0 radical (unpaired) electrons. The fourth-order valence-corrected chi connectivity index (χ4v) is 2.77. The van der Waals surface area contributed by atoms with E-state index in [1.54, 1.807) is 0 Å². The van der Waals surface area contributed by atoms with Crippen LogP contribution in [0.3, 0.4) is 0 Å². The van der Waals surface area contributed by atoms with Gasteiger partial charge in [-0.05, 0) is 50.7 Å². The molecule has 17 heavy (non-hydrogen) atoms. The SMILES string of the molecule is CCCC1CCCN(CCNCC(C)C)CC1. The van der Waals surface area contributed by atoms with Crippen molar-refractivity contribution >= 4 is 0 Å². The van der Waals surface area contributed by atoms with E-state index in [-0.39, 0.29) is 0 Å². The fraction of sp³-hybridized carbons (Fsp3) is 1.00. The van der Waals surface area contributed by atoms with Gasteiger partial charge in [0.15, 0.2) is 0 Å². The molecular weight excluding hydrogens is 208 g/mol. The van der Waals surface area contributed by atoms with E-state index < -0.39 is 0 Å². The number of hydrogen-bond donors (Lipinski definition) is 1. The minimum absolute atomic E-state index is 0.771. The second-order valence-corrected chi connectivity index (χ2v) is 6.03. The average Bonchev–Trinajstić information content (AvgIpc) is 2.51. The van der Waals surface area contributed by atoms with Crippen LogP contribution in [0.15, 0.2) is 0 Å². The Labute approximate surface area is 108 Å². The highest BCUT2D eigenvalue weighted by Gasteiger charge is 2.15. The summed E-state index contributed by atoms with van der Waals surface area (Å²) in [4.78, 5) is 2.66. The van der Waals surface area contributed by atoms with Crippen LogP contribution in [0.5, 0.6) is 0 Å². The number of hydrogen-bond acceptors (Lipinski definition) is 2. The molecule has 1 fully saturated rings. The maximum absolute atomic E-state index is 3.55. The van der Waals surface area contributed by atoms with Gasteiger partial charge in [-0.3, -0.25) is 0 Å². The maximum atomic E-state index is 3.55. The third-order valence-electron chi connectivity index (χ3n) is 3.79. The zero-order valence-corrected chi connectivity index (χ0v) is 12.2. The Morgan fingerprint density at radius 3 is 2.76 bits per heavy atom. The lowest BCUT2D eigenvalue weighted by Gasteiger charge is -2.20. The predicted molar refractivity (Wildman–Crippen MR) is 76.4 cm³/mol. The molecule has 0 aromatic heterocycles. The quantitative estimate of drug-likeness (QED) is 0.688. The molecule has 2 heteroatoms. The van der Waals surface area contributed by atoms with Gasteiger partial charge in [-0.1, -0.05) is 33.6 Å². The lowest BCUT2D eigenvalue weighted by molar-refractivity contribution is 0.277. The second kappa shape index (κ2) is 8.93. The molecule has 102 valence electrons.